The van der Waals surface area contributed by atoms with Crippen LogP contribution in [0.15, 0.2) is 78.9 Å². The number of ether oxygens (including phenoxy) is 1. The Morgan fingerprint density at radius 3 is 2.20 bits per heavy atom. The standard InChI is InChI=1S/C30H37FN2O2/c1-3-4-22-35-28-16-10-25(11-17-28)30(2,34)29(24-8-6-5-7-9-24)23-32-18-20-33(21-19-32)27-14-12-26(31)13-15-27/h5-17,29,34H,3-4,18-23H2,1-2H3/t29-,30+/m0/s1. The average molecular weight is 477 g/mol. The summed E-state index contributed by atoms with van der Waals surface area (Å²) in [6, 6.07) is 24.9. The van der Waals surface area contributed by atoms with E-state index in [0.29, 0.717) is 6.61 Å². The molecule has 4 nitrogen and oxygen atoms in total. The first kappa shape index (κ1) is 25.2. The smallest absolute Gasteiger partial charge is 0.123 e. The van der Waals surface area contributed by atoms with Crippen molar-refractivity contribution in [2.24, 2.45) is 0 Å². The summed E-state index contributed by atoms with van der Waals surface area (Å²) in [5, 5.41) is 11.9. The quantitative estimate of drug-likeness (QED) is 0.374. The van der Waals surface area contributed by atoms with Crippen LogP contribution in [0.2, 0.25) is 0 Å². The molecule has 1 fully saturated rings. The molecule has 1 aliphatic heterocycles. The van der Waals surface area contributed by atoms with Crippen LogP contribution in [0.4, 0.5) is 10.1 Å². The van der Waals surface area contributed by atoms with Gasteiger partial charge in [0, 0.05) is 44.3 Å². The van der Waals surface area contributed by atoms with Gasteiger partial charge in [-0.15, -0.1) is 0 Å². The molecule has 1 saturated heterocycles. The summed E-state index contributed by atoms with van der Waals surface area (Å²) in [4.78, 5) is 4.72. The summed E-state index contributed by atoms with van der Waals surface area (Å²) in [7, 11) is 0. The highest BCUT2D eigenvalue weighted by atomic mass is 19.1. The highest BCUT2D eigenvalue weighted by molar-refractivity contribution is 5.46. The van der Waals surface area contributed by atoms with Gasteiger partial charge in [0.15, 0.2) is 0 Å². The van der Waals surface area contributed by atoms with E-state index in [1.807, 2.05) is 61.5 Å². The number of hydrogen-bond acceptors (Lipinski definition) is 4. The van der Waals surface area contributed by atoms with Crippen molar-refractivity contribution < 1.29 is 14.2 Å². The Morgan fingerprint density at radius 2 is 1.57 bits per heavy atom. The monoisotopic (exact) mass is 476 g/mol. The first-order valence-corrected chi connectivity index (χ1v) is 12.7. The molecule has 5 heteroatoms. The molecular formula is C30H37FN2O2. The molecule has 0 bridgehead atoms. The van der Waals surface area contributed by atoms with Crippen LogP contribution in [0.25, 0.3) is 0 Å². The van der Waals surface area contributed by atoms with Crippen molar-refractivity contribution >= 4 is 5.69 Å². The van der Waals surface area contributed by atoms with E-state index >= 15 is 0 Å². The van der Waals surface area contributed by atoms with Gasteiger partial charge in [0.2, 0.25) is 0 Å². The van der Waals surface area contributed by atoms with E-state index in [4.69, 9.17) is 4.74 Å². The molecule has 3 aromatic carbocycles. The molecular weight excluding hydrogens is 439 g/mol. The molecule has 35 heavy (non-hydrogen) atoms. The summed E-state index contributed by atoms with van der Waals surface area (Å²) in [6.45, 7) is 9.06. The molecule has 0 spiro atoms. The number of rotatable bonds is 10. The minimum Gasteiger partial charge on any atom is -0.494 e. The topological polar surface area (TPSA) is 35.9 Å². The molecule has 0 unspecified atom stereocenters. The van der Waals surface area contributed by atoms with E-state index in [9.17, 15) is 9.50 Å². The van der Waals surface area contributed by atoms with Gasteiger partial charge in [0.1, 0.15) is 11.6 Å². The van der Waals surface area contributed by atoms with Crippen LogP contribution in [0, 0.1) is 5.82 Å². The zero-order valence-corrected chi connectivity index (χ0v) is 20.9. The summed E-state index contributed by atoms with van der Waals surface area (Å²) >= 11 is 0. The first-order valence-electron chi connectivity index (χ1n) is 12.7. The average Bonchev–Trinajstić information content (AvgIpc) is 2.89. The second-order valence-electron chi connectivity index (χ2n) is 9.60. The lowest BCUT2D eigenvalue weighted by Gasteiger charge is -2.41. The van der Waals surface area contributed by atoms with Gasteiger partial charge in [-0.1, -0.05) is 55.8 Å². The van der Waals surface area contributed by atoms with E-state index in [2.05, 4.69) is 28.9 Å². The van der Waals surface area contributed by atoms with Crippen molar-refractivity contribution in [1.82, 2.24) is 4.90 Å². The second-order valence-corrected chi connectivity index (χ2v) is 9.60. The van der Waals surface area contributed by atoms with Gasteiger partial charge in [-0.2, -0.15) is 0 Å². The fourth-order valence-corrected chi connectivity index (χ4v) is 4.82. The minimum absolute atomic E-state index is 0.0899. The Labute approximate surface area is 209 Å². The van der Waals surface area contributed by atoms with Crippen molar-refractivity contribution in [2.45, 2.75) is 38.2 Å². The van der Waals surface area contributed by atoms with Crippen LogP contribution < -0.4 is 9.64 Å². The van der Waals surface area contributed by atoms with Crippen LogP contribution in [-0.2, 0) is 5.60 Å². The number of benzene rings is 3. The van der Waals surface area contributed by atoms with E-state index in [1.165, 1.54) is 12.1 Å². The van der Waals surface area contributed by atoms with Gasteiger partial charge in [0.05, 0.1) is 12.2 Å². The third kappa shape index (κ3) is 6.41. The third-order valence-electron chi connectivity index (χ3n) is 7.09. The van der Waals surface area contributed by atoms with Gasteiger partial charge >= 0.3 is 0 Å². The number of hydrogen-bond donors (Lipinski definition) is 1. The Morgan fingerprint density at radius 1 is 0.914 bits per heavy atom. The Kier molecular flexibility index (Phi) is 8.42. The summed E-state index contributed by atoms with van der Waals surface area (Å²) in [5.74, 6) is 0.542. The summed E-state index contributed by atoms with van der Waals surface area (Å²) in [5.41, 5.74) is 2.02. The zero-order valence-electron chi connectivity index (χ0n) is 20.9. The van der Waals surface area contributed by atoms with E-state index < -0.39 is 5.60 Å². The number of anilines is 1. The fraction of sp³-hybridized carbons (Fsp3) is 0.400. The highest BCUT2D eigenvalue weighted by Gasteiger charge is 2.36. The Bertz CT molecular complexity index is 1030. The lowest BCUT2D eigenvalue weighted by atomic mass is 9.78. The van der Waals surface area contributed by atoms with Gasteiger partial charge < -0.3 is 14.7 Å². The highest BCUT2D eigenvalue weighted by Crippen LogP contribution is 2.38. The Balaban J connectivity index is 1.47. The molecule has 0 radical (unpaired) electrons. The van der Waals surface area contributed by atoms with Crippen LogP contribution in [0.1, 0.15) is 43.7 Å². The van der Waals surface area contributed by atoms with Crippen molar-refractivity contribution in [2.75, 3.05) is 44.2 Å². The zero-order chi connectivity index (χ0) is 24.7. The van der Waals surface area contributed by atoms with Gasteiger partial charge in [-0.05, 0) is 60.9 Å². The van der Waals surface area contributed by atoms with Crippen LogP contribution in [-0.4, -0.2) is 49.3 Å². The minimum atomic E-state index is -1.04. The molecule has 1 heterocycles. The fourth-order valence-electron chi connectivity index (χ4n) is 4.82. The van der Waals surface area contributed by atoms with Crippen molar-refractivity contribution in [3.8, 4) is 5.75 Å². The maximum Gasteiger partial charge on any atom is 0.123 e. The van der Waals surface area contributed by atoms with Gasteiger partial charge in [0.25, 0.3) is 0 Å². The van der Waals surface area contributed by atoms with E-state index in [1.54, 1.807) is 0 Å². The van der Waals surface area contributed by atoms with Crippen LogP contribution >= 0.6 is 0 Å². The maximum absolute atomic E-state index is 13.3. The second kappa shape index (κ2) is 11.7. The predicted molar refractivity (Wildman–Crippen MR) is 141 cm³/mol. The SMILES string of the molecule is CCCCOc1ccc([C@@](C)(O)[C@@H](CN2CCN(c3ccc(F)cc3)CC2)c2ccccc2)cc1. The molecule has 0 amide bonds. The molecule has 1 aliphatic rings. The molecule has 0 aromatic heterocycles. The molecule has 2 atom stereocenters. The van der Waals surface area contributed by atoms with Crippen LogP contribution in [0.3, 0.4) is 0 Å². The molecule has 0 saturated carbocycles. The lowest BCUT2D eigenvalue weighted by molar-refractivity contribution is 0.0121. The summed E-state index contributed by atoms with van der Waals surface area (Å²) < 4.78 is 19.1. The number of halogens is 1. The number of nitrogens with zero attached hydrogens (tertiary/aromatic N) is 2. The third-order valence-corrected chi connectivity index (χ3v) is 7.09. The lowest BCUT2D eigenvalue weighted by Crippen LogP contribution is -2.49. The van der Waals surface area contributed by atoms with Gasteiger partial charge in [-0.3, -0.25) is 4.90 Å². The van der Waals surface area contributed by atoms with Crippen molar-refractivity contribution in [1.29, 1.82) is 0 Å². The van der Waals surface area contributed by atoms with E-state index in [-0.39, 0.29) is 11.7 Å². The molecule has 186 valence electrons. The predicted octanol–water partition coefficient (Wildman–Crippen LogP) is 5.82. The van der Waals surface area contributed by atoms with Gasteiger partial charge in [-0.25, -0.2) is 4.39 Å². The van der Waals surface area contributed by atoms with Crippen molar-refractivity contribution in [3.05, 3.63) is 95.8 Å². The number of piperazine rings is 1. The largest absolute Gasteiger partial charge is 0.494 e. The molecule has 3 aromatic rings. The Hall–Kier alpha value is -2.89. The molecule has 0 aliphatic carbocycles. The van der Waals surface area contributed by atoms with Crippen molar-refractivity contribution in [3.63, 3.8) is 0 Å². The first-order chi connectivity index (χ1) is 17.0. The number of aliphatic hydroxyl groups is 1. The normalized spacial score (nSPS) is 17.1. The number of unbranched alkanes of at least 4 members (excludes halogenated alkanes) is 1. The summed E-state index contributed by atoms with van der Waals surface area (Å²) in [6.07, 6.45) is 2.13. The molecule has 1 N–H and O–H groups in total. The van der Waals surface area contributed by atoms with E-state index in [0.717, 1.165) is 68.1 Å². The van der Waals surface area contributed by atoms with Crippen LogP contribution in [0.5, 0.6) is 5.75 Å². The maximum atomic E-state index is 13.3. The molecule has 4 rings (SSSR count).